The predicted octanol–water partition coefficient (Wildman–Crippen LogP) is 3.13. The summed E-state index contributed by atoms with van der Waals surface area (Å²) in [5.41, 5.74) is 3.42. The third-order valence-electron chi connectivity index (χ3n) is 6.22. The standard InChI is InChI=1S/C28H31N3O4/c32-28(30-17-21-6-8-22(9-7-21)18-31-14-12-29-13-15-31)27-20-34-25-11-10-24(16-26(25)35-27)33-19-23-4-2-1-3-5-23/h1-11,16,27,29H,12-15,17-20H2,(H,30,32). The molecule has 3 aromatic carbocycles. The molecule has 7 heteroatoms. The van der Waals surface area contributed by atoms with Gasteiger partial charge in [-0.3, -0.25) is 9.69 Å². The Morgan fingerprint density at radius 1 is 0.943 bits per heavy atom. The topological polar surface area (TPSA) is 72.1 Å². The van der Waals surface area contributed by atoms with Crippen molar-refractivity contribution in [3.8, 4) is 17.2 Å². The molecule has 0 spiro atoms. The average Bonchev–Trinajstić information content (AvgIpc) is 2.92. The molecule has 1 unspecified atom stereocenters. The van der Waals surface area contributed by atoms with Gasteiger partial charge in [0, 0.05) is 45.3 Å². The van der Waals surface area contributed by atoms with E-state index in [4.69, 9.17) is 14.2 Å². The molecule has 3 aromatic rings. The van der Waals surface area contributed by atoms with Crippen LogP contribution in [0, 0.1) is 0 Å². The van der Waals surface area contributed by atoms with Gasteiger partial charge in [-0.2, -0.15) is 0 Å². The number of hydrogen-bond donors (Lipinski definition) is 2. The number of ether oxygens (including phenoxy) is 3. The maximum atomic E-state index is 12.7. The lowest BCUT2D eigenvalue weighted by atomic mass is 10.1. The summed E-state index contributed by atoms with van der Waals surface area (Å²) in [6, 6.07) is 23.8. The van der Waals surface area contributed by atoms with Crippen molar-refractivity contribution in [3.63, 3.8) is 0 Å². The lowest BCUT2D eigenvalue weighted by molar-refractivity contribution is -0.130. The fraction of sp³-hybridized carbons (Fsp3) is 0.321. The van der Waals surface area contributed by atoms with E-state index < -0.39 is 6.10 Å². The van der Waals surface area contributed by atoms with Crippen LogP contribution in [0.25, 0.3) is 0 Å². The van der Waals surface area contributed by atoms with Crippen LogP contribution in [-0.2, 0) is 24.5 Å². The van der Waals surface area contributed by atoms with Crippen molar-refractivity contribution < 1.29 is 19.0 Å². The van der Waals surface area contributed by atoms with Crippen LogP contribution >= 0.6 is 0 Å². The van der Waals surface area contributed by atoms with Crippen molar-refractivity contribution in [2.24, 2.45) is 0 Å². The Kier molecular flexibility index (Phi) is 7.46. The Morgan fingerprint density at radius 2 is 1.71 bits per heavy atom. The molecule has 2 N–H and O–H groups in total. The Hall–Kier alpha value is -3.55. The largest absolute Gasteiger partial charge is 0.489 e. The van der Waals surface area contributed by atoms with Gasteiger partial charge in [-0.1, -0.05) is 54.6 Å². The molecular weight excluding hydrogens is 442 g/mol. The van der Waals surface area contributed by atoms with Crippen molar-refractivity contribution in [1.82, 2.24) is 15.5 Å². The number of amides is 1. The molecule has 1 fully saturated rings. The van der Waals surface area contributed by atoms with E-state index in [-0.39, 0.29) is 12.5 Å². The number of rotatable bonds is 8. The highest BCUT2D eigenvalue weighted by Gasteiger charge is 2.27. The molecule has 35 heavy (non-hydrogen) atoms. The molecule has 0 bridgehead atoms. The van der Waals surface area contributed by atoms with Gasteiger partial charge >= 0.3 is 0 Å². The van der Waals surface area contributed by atoms with Crippen molar-refractivity contribution in [1.29, 1.82) is 0 Å². The third kappa shape index (κ3) is 6.32. The van der Waals surface area contributed by atoms with Gasteiger partial charge in [0.2, 0.25) is 6.10 Å². The van der Waals surface area contributed by atoms with Crippen LogP contribution < -0.4 is 24.8 Å². The number of hydrogen-bond acceptors (Lipinski definition) is 6. The minimum atomic E-state index is -0.709. The first-order valence-corrected chi connectivity index (χ1v) is 12.1. The normalized spacial score (nSPS) is 17.5. The zero-order valence-electron chi connectivity index (χ0n) is 19.7. The van der Waals surface area contributed by atoms with E-state index in [0.29, 0.717) is 30.4 Å². The predicted molar refractivity (Wildman–Crippen MR) is 134 cm³/mol. The molecule has 2 heterocycles. The molecule has 182 valence electrons. The summed E-state index contributed by atoms with van der Waals surface area (Å²) in [6.45, 7) is 6.27. The average molecular weight is 474 g/mol. The summed E-state index contributed by atoms with van der Waals surface area (Å²) in [4.78, 5) is 15.2. The summed E-state index contributed by atoms with van der Waals surface area (Å²) in [7, 11) is 0. The Bertz CT molecular complexity index is 1110. The second-order valence-corrected chi connectivity index (χ2v) is 8.86. The fourth-order valence-corrected chi connectivity index (χ4v) is 4.21. The van der Waals surface area contributed by atoms with Gasteiger partial charge in [-0.25, -0.2) is 0 Å². The fourth-order valence-electron chi connectivity index (χ4n) is 4.21. The molecule has 2 aliphatic rings. The molecule has 1 amide bonds. The quantitative estimate of drug-likeness (QED) is 0.524. The summed E-state index contributed by atoms with van der Waals surface area (Å²) < 4.78 is 17.6. The molecule has 1 atom stereocenters. The van der Waals surface area contributed by atoms with E-state index in [1.807, 2.05) is 42.5 Å². The van der Waals surface area contributed by atoms with Crippen LogP contribution in [-0.4, -0.2) is 49.7 Å². The number of nitrogens with zero attached hydrogens (tertiary/aromatic N) is 1. The molecule has 2 aliphatic heterocycles. The molecule has 5 rings (SSSR count). The van der Waals surface area contributed by atoms with Crippen molar-refractivity contribution >= 4 is 5.91 Å². The van der Waals surface area contributed by atoms with Crippen LogP contribution in [0.15, 0.2) is 72.8 Å². The smallest absolute Gasteiger partial charge is 0.264 e. The second-order valence-electron chi connectivity index (χ2n) is 8.86. The SMILES string of the molecule is O=C(NCc1ccc(CN2CCNCC2)cc1)C1COc2ccc(OCc3ccccc3)cc2O1. The van der Waals surface area contributed by atoms with Crippen LogP contribution in [0.4, 0.5) is 0 Å². The second kappa shape index (κ2) is 11.3. The van der Waals surface area contributed by atoms with E-state index >= 15 is 0 Å². The number of fused-ring (bicyclic) bond motifs is 1. The molecule has 0 aliphatic carbocycles. The maximum absolute atomic E-state index is 12.7. The Morgan fingerprint density at radius 3 is 2.51 bits per heavy atom. The zero-order chi connectivity index (χ0) is 23.9. The van der Waals surface area contributed by atoms with Crippen LogP contribution in [0.1, 0.15) is 16.7 Å². The number of benzene rings is 3. The highest BCUT2D eigenvalue weighted by Crippen LogP contribution is 2.35. The monoisotopic (exact) mass is 473 g/mol. The van der Waals surface area contributed by atoms with Crippen LogP contribution in [0.3, 0.4) is 0 Å². The van der Waals surface area contributed by atoms with E-state index in [9.17, 15) is 4.79 Å². The van der Waals surface area contributed by atoms with Gasteiger partial charge in [0.1, 0.15) is 19.0 Å². The molecular formula is C28H31N3O4. The number of nitrogens with one attached hydrogen (secondary N) is 2. The van der Waals surface area contributed by atoms with Crippen molar-refractivity contribution in [2.75, 3.05) is 32.8 Å². The molecule has 0 aromatic heterocycles. The molecule has 0 saturated carbocycles. The zero-order valence-corrected chi connectivity index (χ0v) is 19.7. The van der Waals surface area contributed by atoms with Gasteiger partial charge in [0.15, 0.2) is 11.5 Å². The molecule has 7 nitrogen and oxygen atoms in total. The lowest BCUT2D eigenvalue weighted by Gasteiger charge is -2.27. The maximum Gasteiger partial charge on any atom is 0.264 e. The first kappa shape index (κ1) is 23.2. The Labute approximate surface area is 206 Å². The van der Waals surface area contributed by atoms with Crippen molar-refractivity contribution in [3.05, 3.63) is 89.5 Å². The minimum absolute atomic E-state index is 0.173. The van der Waals surface area contributed by atoms with E-state index in [1.165, 1.54) is 5.56 Å². The molecule has 0 radical (unpaired) electrons. The van der Waals surface area contributed by atoms with Gasteiger partial charge < -0.3 is 24.8 Å². The lowest BCUT2D eigenvalue weighted by Crippen LogP contribution is -2.43. The van der Waals surface area contributed by atoms with Crippen LogP contribution in [0.2, 0.25) is 0 Å². The highest BCUT2D eigenvalue weighted by molar-refractivity contribution is 5.81. The summed E-state index contributed by atoms with van der Waals surface area (Å²) in [5, 5.41) is 6.34. The molecule has 1 saturated heterocycles. The van der Waals surface area contributed by atoms with E-state index in [2.05, 4.69) is 39.8 Å². The minimum Gasteiger partial charge on any atom is -0.489 e. The summed E-state index contributed by atoms with van der Waals surface area (Å²) >= 11 is 0. The number of carbonyl (C=O) groups excluding carboxylic acids is 1. The first-order valence-electron chi connectivity index (χ1n) is 12.1. The van der Waals surface area contributed by atoms with Gasteiger partial charge in [0.05, 0.1) is 0 Å². The van der Waals surface area contributed by atoms with Crippen LogP contribution in [0.5, 0.6) is 17.2 Å². The highest BCUT2D eigenvalue weighted by atomic mass is 16.6. The van der Waals surface area contributed by atoms with Gasteiger partial charge in [-0.05, 0) is 28.8 Å². The van der Waals surface area contributed by atoms with Gasteiger partial charge in [0.25, 0.3) is 5.91 Å². The summed E-state index contributed by atoms with van der Waals surface area (Å²) in [6.07, 6.45) is -0.709. The number of piperazine rings is 1. The summed E-state index contributed by atoms with van der Waals surface area (Å²) in [5.74, 6) is 1.59. The first-order chi connectivity index (χ1) is 17.2. The third-order valence-corrected chi connectivity index (χ3v) is 6.22. The Balaban J connectivity index is 1.11. The van der Waals surface area contributed by atoms with Gasteiger partial charge in [-0.15, -0.1) is 0 Å². The number of carbonyl (C=O) groups is 1. The van der Waals surface area contributed by atoms with E-state index in [1.54, 1.807) is 6.07 Å². The van der Waals surface area contributed by atoms with E-state index in [0.717, 1.165) is 43.9 Å². The van der Waals surface area contributed by atoms with Crippen molar-refractivity contribution in [2.45, 2.75) is 25.8 Å².